The lowest BCUT2D eigenvalue weighted by atomic mass is 9.73. The molecule has 2 heterocycles. The van der Waals surface area contributed by atoms with Crippen LogP contribution < -0.4 is 5.32 Å². The quantitative estimate of drug-likeness (QED) is 0.846. The number of nitrogens with zero attached hydrogens (tertiary/aromatic N) is 1. The van der Waals surface area contributed by atoms with Crippen molar-refractivity contribution in [2.45, 2.75) is 32.1 Å². The van der Waals surface area contributed by atoms with Gasteiger partial charge in [0.05, 0.1) is 5.75 Å². The summed E-state index contributed by atoms with van der Waals surface area (Å²) in [5.74, 6) is 0.984. The van der Waals surface area contributed by atoms with Gasteiger partial charge in [-0.2, -0.15) is 11.8 Å². The monoisotopic (exact) mass is 292 g/mol. The predicted molar refractivity (Wildman–Crippen MR) is 80.6 cm³/mol. The third-order valence-electron chi connectivity index (χ3n) is 4.33. The highest BCUT2D eigenvalue weighted by Gasteiger charge is 2.34. The maximum atomic E-state index is 11.9. The van der Waals surface area contributed by atoms with E-state index in [-0.39, 0.29) is 12.4 Å². The molecule has 106 valence electrons. The van der Waals surface area contributed by atoms with E-state index in [1.807, 2.05) is 6.26 Å². The van der Waals surface area contributed by atoms with Crippen LogP contribution in [0.5, 0.6) is 0 Å². The van der Waals surface area contributed by atoms with Crippen molar-refractivity contribution in [1.29, 1.82) is 0 Å². The van der Waals surface area contributed by atoms with Gasteiger partial charge in [0.15, 0.2) is 0 Å². The molecule has 2 aliphatic rings. The highest BCUT2D eigenvalue weighted by atomic mass is 35.5. The number of thioether (sulfide) groups is 1. The summed E-state index contributed by atoms with van der Waals surface area (Å²) in [7, 11) is 0. The first kappa shape index (κ1) is 16.1. The van der Waals surface area contributed by atoms with Crippen LogP contribution >= 0.6 is 24.2 Å². The van der Waals surface area contributed by atoms with Gasteiger partial charge in [-0.25, -0.2) is 0 Å². The summed E-state index contributed by atoms with van der Waals surface area (Å²) in [5.41, 5.74) is 0.541. The van der Waals surface area contributed by atoms with Crippen molar-refractivity contribution in [3.63, 3.8) is 0 Å². The summed E-state index contributed by atoms with van der Waals surface area (Å²) in [5, 5.41) is 3.45. The normalized spacial score (nSPS) is 23.3. The predicted octanol–water partition coefficient (Wildman–Crippen LogP) is 2.15. The molecule has 0 radical (unpaired) electrons. The van der Waals surface area contributed by atoms with Crippen molar-refractivity contribution >= 4 is 30.1 Å². The first-order chi connectivity index (χ1) is 8.26. The Morgan fingerprint density at radius 3 is 2.61 bits per heavy atom. The number of carbonyl (C=O) groups excluding carboxylic acids is 1. The smallest absolute Gasteiger partial charge is 0.232 e. The van der Waals surface area contributed by atoms with E-state index in [1.54, 1.807) is 11.8 Å². The van der Waals surface area contributed by atoms with E-state index in [0.717, 1.165) is 13.1 Å². The molecule has 0 aromatic rings. The molecule has 0 unspecified atom stereocenters. The summed E-state index contributed by atoms with van der Waals surface area (Å²) in [6.07, 6.45) is 8.34. The average Bonchev–Trinajstić information content (AvgIpc) is 2.54. The summed E-state index contributed by atoms with van der Waals surface area (Å²) in [6.45, 7) is 4.30. The van der Waals surface area contributed by atoms with Crippen LogP contribution in [-0.2, 0) is 4.79 Å². The Hall–Kier alpha value is 0.0700. The van der Waals surface area contributed by atoms with Crippen LogP contribution in [-0.4, -0.2) is 49.0 Å². The minimum absolute atomic E-state index is 0. The number of hydrogen-bond acceptors (Lipinski definition) is 3. The van der Waals surface area contributed by atoms with Crippen LogP contribution in [0.3, 0.4) is 0 Å². The molecule has 1 spiro atoms. The molecule has 0 aliphatic carbocycles. The second-order valence-corrected chi connectivity index (χ2v) is 6.28. The van der Waals surface area contributed by atoms with Gasteiger partial charge >= 0.3 is 0 Å². The van der Waals surface area contributed by atoms with Crippen molar-refractivity contribution in [1.82, 2.24) is 10.2 Å². The van der Waals surface area contributed by atoms with Gasteiger partial charge in [-0.05, 0) is 56.9 Å². The molecule has 3 nitrogen and oxygen atoms in total. The van der Waals surface area contributed by atoms with E-state index in [1.165, 1.54) is 45.2 Å². The topological polar surface area (TPSA) is 32.3 Å². The second kappa shape index (κ2) is 7.61. The molecule has 2 saturated heterocycles. The van der Waals surface area contributed by atoms with Crippen LogP contribution in [0.25, 0.3) is 0 Å². The molecule has 0 saturated carbocycles. The van der Waals surface area contributed by atoms with Gasteiger partial charge in [-0.1, -0.05) is 0 Å². The Kier molecular flexibility index (Phi) is 6.82. The minimum atomic E-state index is 0. The number of carbonyl (C=O) groups is 1. The zero-order valence-electron chi connectivity index (χ0n) is 11.2. The van der Waals surface area contributed by atoms with Crippen molar-refractivity contribution in [2.75, 3.05) is 38.2 Å². The molecule has 0 aromatic heterocycles. The Labute approximate surface area is 121 Å². The van der Waals surface area contributed by atoms with Gasteiger partial charge in [0, 0.05) is 13.1 Å². The Bertz CT molecular complexity index is 270. The van der Waals surface area contributed by atoms with E-state index in [4.69, 9.17) is 0 Å². The van der Waals surface area contributed by atoms with Crippen LogP contribution in [0.15, 0.2) is 0 Å². The van der Waals surface area contributed by atoms with Crippen LogP contribution in [0.1, 0.15) is 32.1 Å². The first-order valence-corrected chi connectivity index (χ1v) is 8.13. The fraction of sp³-hybridized carbons (Fsp3) is 0.923. The lowest BCUT2D eigenvalue weighted by molar-refractivity contribution is -0.128. The zero-order chi connectivity index (χ0) is 12.1. The van der Waals surface area contributed by atoms with Crippen molar-refractivity contribution in [3.05, 3.63) is 0 Å². The summed E-state index contributed by atoms with van der Waals surface area (Å²) < 4.78 is 0. The molecular weight excluding hydrogens is 268 g/mol. The summed E-state index contributed by atoms with van der Waals surface area (Å²) in [6, 6.07) is 0. The van der Waals surface area contributed by atoms with E-state index in [2.05, 4.69) is 10.2 Å². The van der Waals surface area contributed by atoms with Gasteiger partial charge in [-0.15, -0.1) is 12.4 Å². The summed E-state index contributed by atoms with van der Waals surface area (Å²) >= 11 is 1.64. The molecule has 1 amide bonds. The maximum Gasteiger partial charge on any atom is 0.232 e. The van der Waals surface area contributed by atoms with Crippen LogP contribution in [0.4, 0.5) is 0 Å². The number of hydrogen-bond donors (Lipinski definition) is 1. The van der Waals surface area contributed by atoms with E-state index >= 15 is 0 Å². The molecule has 2 rings (SSSR count). The van der Waals surface area contributed by atoms with Gasteiger partial charge in [-0.3, -0.25) is 4.79 Å². The standard InChI is InChI=1S/C13H24N2OS.ClH/c1-17-11-12(16)15-9-2-3-13(6-10-15)4-7-14-8-5-13;/h14H,2-11H2,1H3;1H. The fourth-order valence-corrected chi connectivity index (χ4v) is 3.60. The van der Waals surface area contributed by atoms with Crippen LogP contribution in [0, 0.1) is 5.41 Å². The zero-order valence-corrected chi connectivity index (χ0v) is 12.9. The van der Waals surface area contributed by atoms with Gasteiger partial charge in [0.2, 0.25) is 5.91 Å². The molecule has 2 aliphatic heterocycles. The first-order valence-electron chi connectivity index (χ1n) is 6.73. The number of piperidine rings is 1. The van der Waals surface area contributed by atoms with E-state index in [0.29, 0.717) is 17.1 Å². The highest BCUT2D eigenvalue weighted by Crippen LogP contribution is 2.39. The third kappa shape index (κ3) is 4.04. The van der Waals surface area contributed by atoms with E-state index in [9.17, 15) is 4.79 Å². The van der Waals surface area contributed by atoms with Crippen LogP contribution in [0.2, 0.25) is 0 Å². The Morgan fingerprint density at radius 1 is 1.22 bits per heavy atom. The number of nitrogens with one attached hydrogen (secondary N) is 1. The lowest BCUT2D eigenvalue weighted by Crippen LogP contribution is -2.38. The second-order valence-electron chi connectivity index (χ2n) is 5.42. The molecular formula is C13H25ClN2OS. The van der Waals surface area contributed by atoms with Gasteiger partial charge in [0.25, 0.3) is 0 Å². The molecule has 2 fully saturated rings. The number of halogens is 1. The maximum absolute atomic E-state index is 11.9. The molecule has 0 aromatic carbocycles. The third-order valence-corrected chi connectivity index (χ3v) is 4.87. The average molecular weight is 293 g/mol. The van der Waals surface area contributed by atoms with Crippen molar-refractivity contribution in [2.24, 2.45) is 5.41 Å². The highest BCUT2D eigenvalue weighted by molar-refractivity contribution is 7.99. The van der Waals surface area contributed by atoms with Crippen molar-refractivity contribution in [3.8, 4) is 0 Å². The minimum Gasteiger partial charge on any atom is -0.342 e. The molecule has 0 atom stereocenters. The lowest BCUT2D eigenvalue weighted by Gasteiger charge is -2.37. The largest absolute Gasteiger partial charge is 0.342 e. The molecule has 5 heteroatoms. The van der Waals surface area contributed by atoms with Crippen molar-refractivity contribution < 1.29 is 4.79 Å². The van der Waals surface area contributed by atoms with E-state index < -0.39 is 0 Å². The van der Waals surface area contributed by atoms with Gasteiger partial charge in [0.1, 0.15) is 0 Å². The molecule has 0 bridgehead atoms. The summed E-state index contributed by atoms with van der Waals surface area (Å²) in [4.78, 5) is 14.0. The number of amides is 1. The molecule has 1 N–H and O–H groups in total. The molecule has 18 heavy (non-hydrogen) atoms. The SMILES string of the molecule is CSCC(=O)N1CCCC2(CCNCC2)CC1.Cl. The number of likely N-dealkylation sites (tertiary alicyclic amines) is 1. The Morgan fingerprint density at radius 2 is 1.94 bits per heavy atom. The van der Waals surface area contributed by atoms with Gasteiger partial charge < -0.3 is 10.2 Å². The number of rotatable bonds is 2. The Balaban J connectivity index is 0.00000162. The fourth-order valence-electron chi connectivity index (χ4n) is 3.18.